The molecule has 0 atom stereocenters. The molecule has 0 amide bonds. The lowest BCUT2D eigenvalue weighted by Crippen LogP contribution is -2.39. The Bertz CT molecular complexity index is 1390. The predicted molar refractivity (Wildman–Crippen MR) is 131 cm³/mol. The number of aromatic nitrogens is 4. The molecular formula is C25H27N5O3S. The van der Waals surface area contributed by atoms with Gasteiger partial charge in [0.05, 0.1) is 16.6 Å². The van der Waals surface area contributed by atoms with Crippen molar-refractivity contribution >= 4 is 26.7 Å². The Morgan fingerprint density at radius 1 is 1.00 bits per heavy atom. The molecule has 0 unspecified atom stereocenters. The maximum atomic E-state index is 11.8. The molecule has 1 aliphatic heterocycles. The minimum absolute atomic E-state index is 0.126. The summed E-state index contributed by atoms with van der Waals surface area (Å²) in [5.74, 6) is 2.27. The van der Waals surface area contributed by atoms with E-state index in [2.05, 4.69) is 26.8 Å². The van der Waals surface area contributed by atoms with Gasteiger partial charge in [-0.1, -0.05) is 6.92 Å². The fraction of sp³-hybridized carbons (Fsp3) is 0.320. The van der Waals surface area contributed by atoms with Crippen LogP contribution in [0.4, 0.5) is 5.95 Å². The Morgan fingerprint density at radius 2 is 1.76 bits per heavy atom. The molecule has 3 aromatic heterocycles. The van der Waals surface area contributed by atoms with Crippen molar-refractivity contribution in [2.24, 2.45) is 0 Å². The van der Waals surface area contributed by atoms with Crippen LogP contribution < -0.4 is 9.64 Å². The van der Waals surface area contributed by atoms with E-state index in [1.165, 1.54) is 6.26 Å². The zero-order valence-electron chi connectivity index (χ0n) is 19.3. The summed E-state index contributed by atoms with van der Waals surface area (Å²) < 4.78 is 31.8. The first kappa shape index (κ1) is 22.3. The number of aryl methyl sites for hydroxylation is 1. The van der Waals surface area contributed by atoms with E-state index in [0.717, 1.165) is 66.3 Å². The van der Waals surface area contributed by atoms with Crippen LogP contribution in [-0.4, -0.2) is 53.4 Å². The zero-order valence-corrected chi connectivity index (χ0v) is 20.1. The second kappa shape index (κ2) is 9.06. The van der Waals surface area contributed by atoms with Crippen molar-refractivity contribution in [3.8, 4) is 11.6 Å². The largest absolute Gasteiger partial charge is 0.489 e. The fourth-order valence-electron chi connectivity index (χ4n) is 4.20. The van der Waals surface area contributed by atoms with E-state index in [9.17, 15) is 8.42 Å². The first-order valence-corrected chi connectivity index (χ1v) is 13.3. The van der Waals surface area contributed by atoms with Crippen LogP contribution in [0.15, 0.2) is 66.1 Å². The molecule has 0 aliphatic carbocycles. The Kier molecular flexibility index (Phi) is 5.95. The summed E-state index contributed by atoms with van der Waals surface area (Å²) in [6, 6.07) is 10.9. The van der Waals surface area contributed by atoms with E-state index >= 15 is 0 Å². The van der Waals surface area contributed by atoms with E-state index in [1.54, 1.807) is 18.3 Å². The summed E-state index contributed by atoms with van der Waals surface area (Å²) in [4.78, 5) is 16.1. The molecule has 34 heavy (non-hydrogen) atoms. The van der Waals surface area contributed by atoms with Gasteiger partial charge in [0.2, 0.25) is 5.95 Å². The second-order valence-corrected chi connectivity index (χ2v) is 10.6. The Hall–Kier alpha value is -3.46. The Labute approximate surface area is 199 Å². The molecule has 4 heterocycles. The molecule has 0 saturated carbocycles. The molecule has 1 aliphatic rings. The number of rotatable bonds is 6. The molecule has 5 rings (SSSR count). The third kappa shape index (κ3) is 4.61. The first-order valence-electron chi connectivity index (χ1n) is 11.4. The van der Waals surface area contributed by atoms with Gasteiger partial charge in [0, 0.05) is 56.2 Å². The maximum absolute atomic E-state index is 11.8. The maximum Gasteiger partial charge on any atom is 0.225 e. The minimum Gasteiger partial charge on any atom is -0.489 e. The normalized spacial score (nSPS) is 15.1. The number of benzene rings is 1. The van der Waals surface area contributed by atoms with Gasteiger partial charge in [-0.2, -0.15) is 0 Å². The van der Waals surface area contributed by atoms with Crippen LogP contribution in [0.5, 0.6) is 5.75 Å². The zero-order chi connectivity index (χ0) is 23.7. The number of anilines is 1. The minimum atomic E-state index is -3.24. The van der Waals surface area contributed by atoms with Crippen LogP contribution >= 0.6 is 0 Å². The van der Waals surface area contributed by atoms with Crippen LogP contribution in [0.25, 0.3) is 16.7 Å². The van der Waals surface area contributed by atoms with Gasteiger partial charge in [-0.25, -0.2) is 23.4 Å². The van der Waals surface area contributed by atoms with E-state index in [1.807, 2.05) is 47.4 Å². The summed E-state index contributed by atoms with van der Waals surface area (Å²) in [6.45, 7) is 3.80. The summed E-state index contributed by atoms with van der Waals surface area (Å²) in [7, 11) is -3.24. The molecule has 0 bridgehead atoms. The molecule has 8 nitrogen and oxygen atoms in total. The summed E-state index contributed by atoms with van der Waals surface area (Å²) in [5.41, 5.74) is 2.04. The van der Waals surface area contributed by atoms with Crippen molar-refractivity contribution in [2.45, 2.75) is 37.2 Å². The number of hydrogen-bond acceptors (Lipinski definition) is 7. The summed E-state index contributed by atoms with van der Waals surface area (Å²) in [6.07, 6.45) is 11.5. The smallest absolute Gasteiger partial charge is 0.225 e. The first-order chi connectivity index (χ1) is 16.4. The number of ether oxygens (including phenoxy) is 1. The van der Waals surface area contributed by atoms with Gasteiger partial charge in [-0.15, -0.1) is 0 Å². The Balaban J connectivity index is 1.23. The highest BCUT2D eigenvalue weighted by molar-refractivity contribution is 7.90. The third-order valence-corrected chi connectivity index (χ3v) is 7.30. The average Bonchev–Trinajstić information content (AvgIpc) is 3.28. The Morgan fingerprint density at radius 3 is 2.41 bits per heavy atom. The van der Waals surface area contributed by atoms with E-state index in [-0.39, 0.29) is 6.10 Å². The lowest BCUT2D eigenvalue weighted by Gasteiger charge is -2.32. The molecule has 176 valence electrons. The van der Waals surface area contributed by atoms with Gasteiger partial charge < -0.3 is 14.2 Å². The highest BCUT2D eigenvalue weighted by Gasteiger charge is 2.22. The molecular weight excluding hydrogens is 450 g/mol. The molecule has 0 radical (unpaired) electrons. The highest BCUT2D eigenvalue weighted by atomic mass is 32.2. The van der Waals surface area contributed by atoms with Gasteiger partial charge in [0.1, 0.15) is 17.7 Å². The topological polar surface area (TPSA) is 90.2 Å². The number of nitrogens with zero attached hydrogens (tertiary/aromatic N) is 5. The summed E-state index contributed by atoms with van der Waals surface area (Å²) >= 11 is 0. The molecule has 9 heteroatoms. The van der Waals surface area contributed by atoms with Crippen LogP contribution in [0.2, 0.25) is 0 Å². The van der Waals surface area contributed by atoms with Crippen LogP contribution in [0.3, 0.4) is 0 Å². The van der Waals surface area contributed by atoms with Crippen LogP contribution in [0, 0.1) is 0 Å². The highest BCUT2D eigenvalue weighted by Crippen LogP contribution is 2.25. The van der Waals surface area contributed by atoms with E-state index < -0.39 is 9.84 Å². The molecule has 1 fully saturated rings. The van der Waals surface area contributed by atoms with Crippen LogP contribution in [0.1, 0.15) is 25.3 Å². The van der Waals surface area contributed by atoms with Gasteiger partial charge in [0.25, 0.3) is 0 Å². The number of hydrogen-bond donors (Lipinski definition) is 0. The van der Waals surface area contributed by atoms with Gasteiger partial charge in [-0.3, -0.25) is 0 Å². The standard InChI is InChI=1S/C25H27N5O3S/c1-3-18-15-27-25(28-16-18)29-11-9-20(10-12-29)33-21-4-7-24(26-17-21)30-13-8-19-14-22(34(2,31)32)5-6-23(19)30/h4-8,13-17,20H,3,9-12H2,1-2H3. The summed E-state index contributed by atoms with van der Waals surface area (Å²) in [5, 5.41) is 0.852. The lowest BCUT2D eigenvalue weighted by molar-refractivity contribution is 0.170. The van der Waals surface area contributed by atoms with Crippen molar-refractivity contribution in [1.82, 2.24) is 19.5 Å². The van der Waals surface area contributed by atoms with Crippen molar-refractivity contribution in [3.63, 3.8) is 0 Å². The van der Waals surface area contributed by atoms with Gasteiger partial charge in [0.15, 0.2) is 9.84 Å². The van der Waals surface area contributed by atoms with Crippen molar-refractivity contribution in [2.75, 3.05) is 24.2 Å². The predicted octanol–water partition coefficient (Wildman–Crippen LogP) is 3.83. The molecule has 0 spiro atoms. The van der Waals surface area contributed by atoms with Gasteiger partial charge in [-0.05, 0) is 48.4 Å². The van der Waals surface area contributed by atoms with Crippen molar-refractivity contribution in [3.05, 3.63) is 66.7 Å². The number of pyridine rings is 1. The number of sulfone groups is 1. The van der Waals surface area contributed by atoms with Gasteiger partial charge >= 0.3 is 0 Å². The molecule has 1 aromatic carbocycles. The lowest BCUT2D eigenvalue weighted by atomic mass is 10.1. The number of piperidine rings is 1. The quantitative estimate of drug-likeness (QED) is 0.417. The number of fused-ring (bicyclic) bond motifs is 1. The molecule has 1 saturated heterocycles. The average molecular weight is 478 g/mol. The molecule has 4 aromatic rings. The SMILES string of the molecule is CCc1cnc(N2CCC(Oc3ccc(-n4ccc5cc(S(C)(=O)=O)ccc54)nc3)CC2)nc1. The molecule has 0 N–H and O–H groups in total. The third-order valence-electron chi connectivity index (χ3n) is 6.18. The second-order valence-electron chi connectivity index (χ2n) is 8.58. The fourth-order valence-corrected chi connectivity index (χ4v) is 4.85. The van der Waals surface area contributed by atoms with Crippen molar-refractivity contribution < 1.29 is 13.2 Å². The van der Waals surface area contributed by atoms with E-state index in [4.69, 9.17) is 4.74 Å². The van der Waals surface area contributed by atoms with Crippen LogP contribution in [-0.2, 0) is 16.3 Å². The van der Waals surface area contributed by atoms with Crippen molar-refractivity contribution in [1.29, 1.82) is 0 Å². The van der Waals surface area contributed by atoms with E-state index in [0.29, 0.717) is 4.90 Å². The monoisotopic (exact) mass is 477 g/mol.